The topological polar surface area (TPSA) is 0 Å². The lowest BCUT2D eigenvalue weighted by Gasteiger charge is -2.27. The van der Waals surface area contributed by atoms with Crippen LogP contribution < -0.4 is 0 Å². The molecule has 10 heavy (non-hydrogen) atoms. The van der Waals surface area contributed by atoms with Crippen LogP contribution >= 0.6 is 15.9 Å². The zero-order valence-corrected chi connectivity index (χ0v) is 7.73. The average molecular weight is 201 g/mol. The lowest BCUT2D eigenvalue weighted by Crippen LogP contribution is -2.21. The number of alkyl halides is 1. The second kappa shape index (κ2) is 1.63. The van der Waals surface area contributed by atoms with Crippen molar-refractivity contribution in [1.29, 1.82) is 0 Å². The van der Waals surface area contributed by atoms with E-state index < -0.39 is 0 Å². The maximum Gasteiger partial charge on any atom is 0.0291 e. The first-order chi connectivity index (χ1) is 4.76. The highest BCUT2D eigenvalue weighted by atomic mass is 79.9. The molecule has 4 bridgehead atoms. The van der Waals surface area contributed by atoms with Gasteiger partial charge in [-0.2, -0.15) is 0 Å². The van der Waals surface area contributed by atoms with E-state index >= 15 is 0 Å². The van der Waals surface area contributed by atoms with Crippen molar-refractivity contribution in [3.8, 4) is 0 Å². The third-order valence-corrected chi connectivity index (χ3v) is 5.19. The zero-order chi connectivity index (χ0) is 6.77. The molecule has 56 valence electrons. The lowest BCUT2D eigenvalue weighted by atomic mass is 9.82. The highest BCUT2D eigenvalue weighted by molar-refractivity contribution is 9.10. The van der Waals surface area contributed by atoms with E-state index in [-0.39, 0.29) is 0 Å². The predicted octanol–water partition coefficient (Wildman–Crippen LogP) is 2.96. The van der Waals surface area contributed by atoms with Gasteiger partial charge in [-0.1, -0.05) is 15.9 Å². The Morgan fingerprint density at radius 3 is 2.00 bits per heavy atom. The van der Waals surface area contributed by atoms with Crippen molar-refractivity contribution in [1.82, 2.24) is 0 Å². The van der Waals surface area contributed by atoms with E-state index in [1.807, 2.05) is 0 Å². The van der Waals surface area contributed by atoms with Gasteiger partial charge in [-0.25, -0.2) is 0 Å². The number of hydrogen-bond donors (Lipinski definition) is 0. The Balaban J connectivity index is 2.04. The molecule has 0 saturated heterocycles. The Hall–Kier alpha value is 0.480. The Bertz CT molecular complexity index is 162. The normalized spacial score (nSPS) is 63.9. The smallest absolute Gasteiger partial charge is 0.0291 e. The molecule has 4 fully saturated rings. The van der Waals surface area contributed by atoms with E-state index in [1.54, 1.807) is 19.3 Å². The summed E-state index contributed by atoms with van der Waals surface area (Å²) in [5.41, 5.74) is 0. The van der Waals surface area contributed by atoms with Crippen molar-refractivity contribution in [2.45, 2.75) is 36.4 Å². The average Bonchev–Trinajstić information content (AvgIpc) is 2.14. The minimum atomic E-state index is 0.639. The molecule has 4 aliphatic carbocycles. The van der Waals surface area contributed by atoms with Gasteiger partial charge < -0.3 is 0 Å². The molecule has 2 atom stereocenters. The van der Waals surface area contributed by atoms with Crippen LogP contribution in [0, 0.1) is 17.8 Å². The quantitative estimate of drug-likeness (QED) is 0.528. The number of hydrogen-bond acceptors (Lipinski definition) is 0. The summed E-state index contributed by atoms with van der Waals surface area (Å²) in [5.74, 6) is 3.28. The molecule has 0 amide bonds. The minimum Gasteiger partial charge on any atom is -0.0850 e. The molecular formula is C9H13Br. The van der Waals surface area contributed by atoms with Crippen molar-refractivity contribution in [3.63, 3.8) is 0 Å². The predicted molar refractivity (Wildman–Crippen MR) is 45.2 cm³/mol. The maximum atomic E-state index is 3.94. The van der Waals surface area contributed by atoms with Crippen LogP contribution in [0.1, 0.15) is 32.1 Å². The highest BCUT2D eigenvalue weighted by Gasteiger charge is 2.56. The van der Waals surface area contributed by atoms with Crippen LogP contribution in [-0.2, 0) is 0 Å². The van der Waals surface area contributed by atoms with Gasteiger partial charge in [0, 0.05) is 4.32 Å². The summed E-state index contributed by atoms with van der Waals surface area (Å²) in [5, 5.41) is 0. The molecule has 2 unspecified atom stereocenters. The van der Waals surface area contributed by atoms with Gasteiger partial charge in [-0.3, -0.25) is 0 Å². The van der Waals surface area contributed by atoms with Gasteiger partial charge in [0.25, 0.3) is 0 Å². The zero-order valence-electron chi connectivity index (χ0n) is 6.15. The fourth-order valence-electron chi connectivity index (χ4n) is 3.70. The first-order valence-corrected chi connectivity index (χ1v) is 5.24. The monoisotopic (exact) mass is 200 g/mol. The summed E-state index contributed by atoms with van der Waals surface area (Å²) in [6.45, 7) is 0. The van der Waals surface area contributed by atoms with Crippen LogP contribution in [0.3, 0.4) is 0 Å². The number of rotatable bonds is 0. The highest BCUT2D eigenvalue weighted by Crippen LogP contribution is 2.64. The van der Waals surface area contributed by atoms with Crippen molar-refractivity contribution < 1.29 is 0 Å². The number of halogens is 1. The van der Waals surface area contributed by atoms with Crippen LogP contribution in [0.5, 0.6) is 0 Å². The molecule has 4 saturated carbocycles. The lowest BCUT2D eigenvalue weighted by molar-refractivity contribution is 0.283. The summed E-state index contributed by atoms with van der Waals surface area (Å²) in [7, 11) is 0. The molecule has 0 aromatic carbocycles. The Kier molecular flexibility index (Phi) is 0.983. The largest absolute Gasteiger partial charge is 0.0850 e. The second-order valence-electron chi connectivity index (χ2n) is 4.58. The molecule has 0 radical (unpaired) electrons. The standard InChI is InChI=1S/C9H13Br/c10-9-4-6-1-7(5-9)3-8(9)2-6/h6-8H,1-5H2. The Morgan fingerprint density at radius 1 is 1.00 bits per heavy atom. The van der Waals surface area contributed by atoms with Crippen LogP contribution in [0.25, 0.3) is 0 Å². The minimum absolute atomic E-state index is 0.639. The molecule has 4 aliphatic rings. The van der Waals surface area contributed by atoms with Gasteiger partial charge in [0.05, 0.1) is 0 Å². The molecule has 1 heteroatoms. The fourth-order valence-corrected chi connectivity index (χ4v) is 4.99. The third-order valence-electron chi connectivity index (χ3n) is 3.89. The summed E-state index contributed by atoms with van der Waals surface area (Å²) in [6, 6.07) is 0. The molecule has 0 heterocycles. The molecule has 0 N–H and O–H groups in total. The van der Waals surface area contributed by atoms with Gasteiger partial charge in [-0.15, -0.1) is 0 Å². The summed E-state index contributed by atoms with van der Waals surface area (Å²) in [6.07, 6.45) is 7.63. The third kappa shape index (κ3) is 0.585. The Labute approximate surface area is 70.5 Å². The maximum absolute atomic E-state index is 3.94. The molecular weight excluding hydrogens is 188 g/mol. The molecule has 0 nitrogen and oxygen atoms in total. The van der Waals surface area contributed by atoms with Gasteiger partial charge in [0.15, 0.2) is 0 Å². The van der Waals surface area contributed by atoms with Gasteiger partial charge in [-0.05, 0) is 49.9 Å². The summed E-state index contributed by atoms with van der Waals surface area (Å²) < 4.78 is 0.639. The van der Waals surface area contributed by atoms with E-state index in [4.69, 9.17) is 0 Å². The van der Waals surface area contributed by atoms with Crippen molar-refractivity contribution in [2.24, 2.45) is 17.8 Å². The molecule has 0 aliphatic heterocycles. The fraction of sp³-hybridized carbons (Fsp3) is 1.00. The SMILES string of the molecule is BrC12CC3CC(CC1C3)C2. The van der Waals surface area contributed by atoms with Crippen molar-refractivity contribution in [3.05, 3.63) is 0 Å². The summed E-state index contributed by atoms with van der Waals surface area (Å²) in [4.78, 5) is 0. The summed E-state index contributed by atoms with van der Waals surface area (Å²) >= 11 is 3.94. The first-order valence-electron chi connectivity index (χ1n) is 4.45. The molecule has 0 aromatic heterocycles. The van der Waals surface area contributed by atoms with Gasteiger partial charge in [0.2, 0.25) is 0 Å². The Morgan fingerprint density at radius 2 is 1.60 bits per heavy atom. The molecule has 4 rings (SSSR count). The first kappa shape index (κ1) is 6.05. The van der Waals surface area contributed by atoms with Crippen LogP contribution in [-0.4, -0.2) is 4.32 Å². The van der Waals surface area contributed by atoms with Crippen molar-refractivity contribution in [2.75, 3.05) is 0 Å². The van der Waals surface area contributed by atoms with E-state index in [9.17, 15) is 0 Å². The van der Waals surface area contributed by atoms with Crippen LogP contribution in [0.4, 0.5) is 0 Å². The van der Waals surface area contributed by atoms with E-state index in [0.717, 1.165) is 17.8 Å². The van der Waals surface area contributed by atoms with E-state index in [2.05, 4.69) is 15.9 Å². The van der Waals surface area contributed by atoms with Crippen LogP contribution in [0.2, 0.25) is 0 Å². The van der Waals surface area contributed by atoms with Gasteiger partial charge in [0.1, 0.15) is 0 Å². The van der Waals surface area contributed by atoms with E-state index in [1.165, 1.54) is 12.8 Å². The van der Waals surface area contributed by atoms with Crippen LogP contribution in [0.15, 0.2) is 0 Å². The van der Waals surface area contributed by atoms with E-state index in [0.29, 0.717) is 4.32 Å². The second-order valence-corrected chi connectivity index (χ2v) is 6.16. The van der Waals surface area contributed by atoms with Crippen molar-refractivity contribution >= 4 is 15.9 Å². The van der Waals surface area contributed by atoms with Gasteiger partial charge >= 0.3 is 0 Å². The molecule has 0 spiro atoms. The molecule has 0 aromatic rings.